The van der Waals surface area contributed by atoms with Crippen LogP contribution in [-0.4, -0.2) is 29.3 Å². The summed E-state index contributed by atoms with van der Waals surface area (Å²) in [5.41, 5.74) is 0.591. The summed E-state index contributed by atoms with van der Waals surface area (Å²) in [5, 5.41) is 10.3. The second kappa shape index (κ2) is 6.19. The monoisotopic (exact) mass is 268 g/mol. The van der Waals surface area contributed by atoms with E-state index in [-0.39, 0.29) is 5.41 Å². The van der Waals surface area contributed by atoms with E-state index in [1.54, 1.807) is 0 Å². The fourth-order valence-electron chi connectivity index (χ4n) is 1.64. The molecule has 0 amide bonds. The van der Waals surface area contributed by atoms with Crippen molar-refractivity contribution in [2.75, 3.05) is 14.2 Å². The zero-order valence-corrected chi connectivity index (χ0v) is 12.6. The van der Waals surface area contributed by atoms with E-state index < -0.39 is 6.10 Å². The smallest absolute Gasteiger partial charge is 0.241 e. The van der Waals surface area contributed by atoms with Gasteiger partial charge in [-0.2, -0.15) is 4.98 Å². The average molecular weight is 268 g/mol. The molecule has 1 N–H and O–H groups in total. The molecule has 2 unspecified atom stereocenters. The van der Waals surface area contributed by atoms with Crippen LogP contribution in [0.3, 0.4) is 0 Å². The van der Waals surface area contributed by atoms with Crippen molar-refractivity contribution in [1.29, 1.82) is 0 Å². The molecule has 1 aromatic rings. The van der Waals surface area contributed by atoms with Crippen LogP contribution in [-0.2, 0) is 0 Å². The Labute approximate surface area is 115 Å². The van der Waals surface area contributed by atoms with Crippen LogP contribution in [0, 0.1) is 11.3 Å². The summed E-state index contributed by atoms with van der Waals surface area (Å²) in [6, 6.07) is 0. The molecular formula is C14H24N2O3. The Kier molecular flexibility index (Phi) is 5.11. The molecule has 0 aliphatic carbocycles. The highest BCUT2D eigenvalue weighted by Crippen LogP contribution is 2.34. The lowest BCUT2D eigenvalue weighted by Gasteiger charge is -2.29. The molecule has 1 heterocycles. The molecule has 0 saturated heterocycles. The van der Waals surface area contributed by atoms with Crippen molar-refractivity contribution in [1.82, 2.24) is 9.97 Å². The van der Waals surface area contributed by atoms with Gasteiger partial charge in [-0.05, 0) is 17.8 Å². The highest BCUT2D eigenvalue weighted by Gasteiger charge is 2.26. The predicted octanol–water partition coefficient (Wildman–Crippen LogP) is 2.60. The average Bonchev–Trinajstić information content (AvgIpc) is 2.36. The Morgan fingerprint density at radius 3 is 2.37 bits per heavy atom. The fourth-order valence-corrected chi connectivity index (χ4v) is 1.64. The molecule has 0 aliphatic heterocycles. The molecule has 1 aromatic heterocycles. The van der Waals surface area contributed by atoms with Gasteiger partial charge in [-0.15, -0.1) is 0 Å². The Morgan fingerprint density at radius 2 is 1.89 bits per heavy atom. The molecule has 19 heavy (non-hydrogen) atoms. The summed E-state index contributed by atoms with van der Waals surface area (Å²) in [7, 11) is 3.02. The third-order valence-electron chi connectivity index (χ3n) is 3.52. The van der Waals surface area contributed by atoms with Crippen molar-refractivity contribution in [2.45, 2.75) is 40.2 Å². The molecule has 1 rings (SSSR count). The Bertz CT molecular complexity index is 416. The van der Waals surface area contributed by atoms with E-state index in [2.05, 4.69) is 37.7 Å². The Morgan fingerprint density at radius 1 is 1.26 bits per heavy atom. The maximum absolute atomic E-state index is 10.3. The van der Waals surface area contributed by atoms with E-state index in [9.17, 15) is 5.11 Å². The number of aliphatic hydroxyl groups excluding tert-OH is 1. The molecule has 0 aliphatic rings. The maximum atomic E-state index is 10.3. The van der Waals surface area contributed by atoms with Crippen molar-refractivity contribution in [3.05, 3.63) is 11.9 Å². The van der Waals surface area contributed by atoms with Crippen molar-refractivity contribution >= 4 is 0 Å². The number of aromatic nitrogens is 2. The highest BCUT2D eigenvalue weighted by molar-refractivity contribution is 5.24. The summed E-state index contributed by atoms with van der Waals surface area (Å²) in [6.45, 7) is 8.58. The number of rotatable bonds is 5. The number of nitrogens with zero attached hydrogens (tertiary/aromatic N) is 2. The second-order valence-corrected chi connectivity index (χ2v) is 5.83. The topological polar surface area (TPSA) is 64.5 Å². The summed E-state index contributed by atoms with van der Waals surface area (Å²) in [4.78, 5) is 8.33. The van der Waals surface area contributed by atoms with Gasteiger partial charge in [0.05, 0.1) is 20.4 Å². The molecule has 5 heteroatoms. The van der Waals surface area contributed by atoms with Crippen LogP contribution in [0.15, 0.2) is 6.20 Å². The summed E-state index contributed by atoms with van der Waals surface area (Å²) >= 11 is 0. The minimum Gasteiger partial charge on any atom is -0.480 e. The first-order valence-corrected chi connectivity index (χ1v) is 6.42. The van der Waals surface area contributed by atoms with Gasteiger partial charge in [0.2, 0.25) is 11.8 Å². The molecule has 2 atom stereocenters. The van der Waals surface area contributed by atoms with E-state index in [1.807, 2.05) is 0 Å². The van der Waals surface area contributed by atoms with E-state index in [4.69, 9.17) is 9.47 Å². The predicted molar refractivity (Wildman–Crippen MR) is 73.3 cm³/mol. The van der Waals surface area contributed by atoms with Gasteiger partial charge in [-0.3, -0.25) is 0 Å². The molecule has 0 radical (unpaired) electrons. The SMILES string of the molecule is COc1cnc(C(O)CC(C)C(C)(C)C)c(OC)n1. The van der Waals surface area contributed by atoms with Crippen LogP contribution >= 0.6 is 0 Å². The summed E-state index contributed by atoms with van der Waals surface area (Å²) < 4.78 is 10.2. The molecule has 0 aromatic carbocycles. The minimum atomic E-state index is -0.692. The van der Waals surface area contributed by atoms with E-state index in [0.717, 1.165) is 0 Å². The number of aliphatic hydroxyl groups is 1. The van der Waals surface area contributed by atoms with Crippen LogP contribution < -0.4 is 9.47 Å². The van der Waals surface area contributed by atoms with Gasteiger partial charge in [0.15, 0.2) is 0 Å². The first-order valence-electron chi connectivity index (χ1n) is 6.42. The lowest BCUT2D eigenvalue weighted by molar-refractivity contribution is 0.104. The Hall–Kier alpha value is -1.36. The van der Waals surface area contributed by atoms with Crippen molar-refractivity contribution in [3.8, 4) is 11.8 Å². The molecule has 0 fully saturated rings. The molecule has 0 bridgehead atoms. The largest absolute Gasteiger partial charge is 0.480 e. The van der Waals surface area contributed by atoms with Crippen molar-refractivity contribution < 1.29 is 14.6 Å². The molecular weight excluding hydrogens is 244 g/mol. The van der Waals surface area contributed by atoms with Crippen LogP contribution in [0.25, 0.3) is 0 Å². The lowest BCUT2D eigenvalue weighted by Crippen LogP contribution is -2.20. The summed E-state index contributed by atoms with van der Waals surface area (Å²) in [6.07, 6.45) is 1.41. The van der Waals surface area contributed by atoms with E-state index >= 15 is 0 Å². The molecule has 0 saturated carbocycles. The molecule has 108 valence electrons. The second-order valence-electron chi connectivity index (χ2n) is 5.83. The van der Waals surface area contributed by atoms with Crippen LogP contribution in [0.2, 0.25) is 0 Å². The highest BCUT2D eigenvalue weighted by atomic mass is 16.5. The van der Waals surface area contributed by atoms with Crippen molar-refractivity contribution in [3.63, 3.8) is 0 Å². The normalized spacial score (nSPS) is 14.9. The van der Waals surface area contributed by atoms with Gasteiger partial charge in [-0.1, -0.05) is 27.7 Å². The number of hydrogen-bond donors (Lipinski definition) is 1. The van der Waals surface area contributed by atoms with E-state index in [0.29, 0.717) is 29.8 Å². The fraction of sp³-hybridized carbons (Fsp3) is 0.714. The van der Waals surface area contributed by atoms with Crippen LogP contribution in [0.4, 0.5) is 0 Å². The quantitative estimate of drug-likeness (QED) is 0.889. The third kappa shape index (κ3) is 4.06. The molecule has 5 nitrogen and oxygen atoms in total. The lowest BCUT2D eigenvalue weighted by atomic mass is 9.78. The van der Waals surface area contributed by atoms with Crippen molar-refractivity contribution in [2.24, 2.45) is 11.3 Å². The van der Waals surface area contributed by atoms with Gasteiger partial charge in [0.25, 0.3) is 0 Å². The number of ether oxygens (including phenoxy) is 2. The Balaban J connectivity index is 2.90. The first kappa shape index (κ1) is 15.7. The van der Waals surface area contributed by atoms with Gasteiger partial charge in [0.1, 0.15) is 11.8 Å². The minimum absolute atomic E-state index is 0.133. The number of methoxy groups -OCH3 is 2. The maximum Gasteiger partial charge on any atom is 0.241 e. The van der Waals surface area contributed by atoms with Gasteiger partial charge in [0, 0.05) is 0 Å². The standard InChI is InChI=1S/C14H24N2O3/c1-9(14(2,3)4)7-10(17)12-13(19-6)16-11(18-5)8-15-12/h8-10,17H,7H2,1-6H3. The van der Waals surface area contributed by atoms with E-state index in [1.165, 1.54) is 20.4 Å². The summed E-state index contributed by atoms with van der Waals surface area (Å²) in [5.74, 6) is 1.03. The van der Waals surface area contributed by atoms with Gasteiger partial charge < -0.3 is 14.6 Å². The van der Waals surface area contributed by atoms with Crippen LogP contribution in [0.1, 0.15) is 45.9 Å². The third-order valence-corrected chi connectivity index (χ3v) is 3.52. The van der Waals surface area contributed by atoms with Gasteiger partial charge >= 0.3 is 0 Å². The zero-order chi connectivity index (χ0) is 14.6. The van der Waals surface area contributed by atoms with Crippen LogP contribution in [0.5, 0.6) is 11.8 Å². The number of hydrogen-bond acceptors (Lipinski definition) is 5. The molecule has 0 spiro atoms. The zero-order valence-electron chi connectivity index (χ0n) is 12.6. The van der Waals surface area contributed by atoms with Gasteiger partial charge in [-0.25, -0.2) is 4.98 Å². The first-order chi connectivity index (χ1) is 8.79.